The standard InChI is InChI=1S/C28H40N2O3S/c1-33-24-10-11-27-26(19-24)22(12-14-29-27)7-5-6-21-13-15-30(20-23(21)18-28(31)32)16-17-34-25-8-3-2-4-9-25/h10-12,14,19,21,23,25H,2-9,13,15-18,20H2,1H3,(H,31,32)/t21-,23+/m1/s1. The topological polar surface area (TPSA) is 62.7 Å². The van der Waals surface area contributed by atoms with Crippen LogP contribution in [0.5, 0.6) is 5.75 Å². The summed E-state index contributed by atoms with van der Waals surface area (Å²) in [4.78, 5) is 18.6. The smallest absolute Gasteiger partial charge is 0.303 e. The minimum atomic E-state index is -0.652. The van der Waals surface area contributed by atoms with Gasteiger partial charge >= 0.3 is 5.97 Å². The Balaban J connectivity index is 1.28. The number of ether oxygens (including phenoxy) is 1. The van der Waals surface area contributed by atoms with E-state index in [1.165, 1.54) is 43.4 Å². The first-order valence-electron chi connectivity index (χ1n) is 13.1. The number of fused-ring (bicyclic) bond motifs is 1. The molecule has 1 aromatic heterocycles. The van der Waals surface area contributed by atoms with Crippen molar-refractivity contribution < 1.29 is 14.6 Å². The van der Waals surface area contributed by atoms with Gasteiger partial charge in [0, 0.05) is 42.1 Å². The van der Waals surface area contributed by atoms with E-state index >= 15 is 0 Å². The van der Waals surface area contributed by atoms with E-state index < -0.39 is 5.97 Å². The number of nitrogens with zero attached hydrogens (tertiary/aromatic N) is 2. The number of rotatable bonds is 11. The minimum Gasteiger partial charge on any atom is -0.497 e. The molecule has 2 heterocycles. The zero-order chi connectivity index (χ0) is 23.8. The van der Waals surface area contributed by atoms with Gasteiger partial charge in [-0.05, 0) is 86.7 Å². The summed E-state index contributed by atoms with van der Waals surface area (Å²) < 4.78 is 5.41. The molecule has 1 aliphatic carbocycles. The van der Waals surface area contributed by atoms with Gasteiger partial charge in [-0.15, -0.1) is 0 Å². The largest absolute Gasteiger partial charge is 0.497 e. The number of aromatic nitrogens is 1. The first-order valence-corrected chi connectivity index (χ1v) is 14.1. The van der Waals surface area contributed by atoms with E-state index in [1.807, 2.05) is 18.3 Å². The molecule has 0 amide bonds. The fourth-order valence-corrected chi connectivity index (χ4v) is 7.22. The molecule has 0 radical (unpaired) electrons. The Hall–Kier alpha value is -1.79. The number of carbonyl (C=O) groups is 1. The molecule has 2 aromatic rings. The number of pyridine rings is 1. The van der Waals surface area contributed by atoms with Crippen LogP contribution < -0.4 is 4.74 Å². The Kier molecular flexibility index (Phi) is 9.51. The van der Waals surface area contributed by atoms with Gasteiger partial charge in [-0.3, -0.25) is 9.78 Å². The first-order chi connectivity index (χ1) is 16.6. The van der Waals surface area contributed by atoms with Crippen LogP contribution in [0.4, 0.5) is 0 Å². The molecular weight excluding hydrogens is 444 g/mol. The van der Waals surface area contributed by atoms with E-state index in [0.717, 1.165) is 67.2 Å². The number of carboxylic acid groups (broad SMARTS) is 1. The van der Waals surface area contributed by atoms with Crippen molar-refractivity contribution in [1.82, 2.24) is 9.88 Å². The Labute approximate surface area is 208 Å². The molecule has 0 spiro atoms. The molecule has 34 heavy (non-hydrogen) atoms. The van der Waals surface area contributed by atoms with Crippen LogP contribution in [0.1, 0.15) is 63.4 Å². The average Bonchev–Trinajstić information content (AvgIpc) is 2.85. The number of benzene rings is 1. The van der Waals surface area contributed by atoms with Crippen molar-refractivity contribution in [3.05, 3.63) is 36.0 Å². The molecular formula is C28H40N2O3S. The molecule has 1 aliphatic heterocycles. The highest BCUT2D eigenvalue weighted by molar-refractivity contribution is 7.99. The summed E-state index contributed by atoms with van der Waals surface area (Å²) in [5.41, 5.74) is 2.30. The normalized spacial score (nSPS) is 22.1. The lowest BCUT2D eigenvalue weighted by molar-refractivity contribution is -0.139. The van der Waals surface area contributed by atoms with Gasteiger partial charge in [0.15, 0.2) is 0 Å². The predicted molar refractivity (Wildman–Crippen MR) is 141 cm³/mol. The van der Waals surface area contributed by atoms with E-state index in [2.05, 4.69) is 33.8 Å². The zero-order valence-electron chi connectivity index (χ0n) is 20.6. The van der Waals surface area contributed by atoms with E-state index in [9.17, 15) is 9.90 Å². The number of hydrogen-bond acceptors (Lipinski definition) is 5. The molecule has 2 atom stereocenters. The van der Waals surface area contributed by atoms with Crippen LogP contribution in [0, 0.1) is 11.8 Å². The van der Waals surface area contributed by atoms with E-state index in [1.54, 1.807) is 7.11 Å². The Bertz CT molecular complexity index is 931. The van der Waals surface area contributed by atoms with Gasteiger partial charge in [0.25, 0.3) is 0 Å². The maximum atomic E-state index is 11.6. The lowest BCUT2D eigenvalue weighted by atomic mass is 9.80. The van der Waals surface area contributed by atoms with Gasteiger partial charge in [0.05, 0.1) is 12.6 Å². The third kappa shape index (κ3) is 7.11. The maximum Gasteiger partial charge on any atom is 0.303 e. The number of piperidine rings is 1. The monoisotopic (exact) mass is 484 g/mol. The number of thioether (sulfide) groups is 1. The highest BCUT2D eigenvalue weighted by atomic mass is 32.2. The average molecular weight is 485 g/mol. The minimum absolute atomic E-state index is 0.264. The van der Waals surface area contributed by atoms with E-state index in [-0.39, 0.29) is 5.92 Å². The summed E-state index contributed by atoms with van der Waals surface area (Å²) in [5, 5.41) is 11.6. The molecule has 1 saturated carbocycles. The van der Waals surface area contributed by atoms with Crippen LogP contribution in [-0.4, -0.2) is 58.7 Å². The molecule has 6 heteroatoms. The van der Waals surface area contributed by atoms with Gasteiger partial charge < -0.3 is 14.7 Å². The molecule has 5 nitrogen and oxygen atoms in total. The highest BCUT2D eigenvalue weighted by Gasteiger charge is 2.30. The third-order valence-electron chi connectivity index (χ3n) is 7.79. The van der Waals surface area contributed by atoms with Gasteiger partial charge in [0.1, 0.15) is 5.75 Å². The van der Waals surface area contributed by atoms with Gasteiger partial charge in [-0.1, -0.05) is 19.3 Å². The van der Waals surface area contributed by atoms with Crippen LogP contribution in [0.25, 0.3) is 10.9 Å². The molecule has 1 aromatic carbocycles. The molecule has 4 rings (SSSR count). The predicted octanol–water partition coefficient (Wildman–Crippen LogP) is 6.04. The Morgan fingerprint density at radius 3 is 2.82 bits per heavy atom. The molecule has 0 bridgehead atoms. The summed E-state index contributed by atoms with van der Waals surface area (Å²) in [5.74, 6) is 2.16. The van der Waals surface area contributed by atoms with Gasteiger partial charge in [-0.25, -0.2) is 0 Å². The van der Waals surface area contributed by atoms with Crippen LogP contribution in [0.2, 0.25) is 0 Å². The quantitative estimate of drug-likeness (QED) is 0.419. The zero-order valence-corrected chi connectivity index (χ0v) is 21.4. The van der Waals surface area contributed by atoms with Gasteiger partial charge in [0.2, 0.25) is 0 Å². The van der Waals surface area contributed by atoms with Crippen molar-refractivity contribution in [3.8, 4) is 5.75 Å². The summed E-state index contributed by atoms with van der Waals surface area (Å²) in [7, 11) is 1.70. The molecule has 0 unspecified atom stereocenters. The number of aryl methyl sites for hydroxylation is 1. The van der Waals surface area contributed by atoms with Crippen LogP contribution in [0.15, 0.2) is 30.5 Å². The van der Waals surface area contributed by atoms with Crippen molar-refractivity contribution >= 4 is 28.6 Å². The molecule has 1 saturated heterocycles. The van der Waals surface area contributed by atoms with Crippen LogP contribution in [0.3, 0.4) is 0 Å². The van der Waals surface area contributed by atoms with Crippen molar-refractivity contribution in [2.24, 2.45) is 11.8 Å². The lowest BCUT2D eigenvalue weighted by Gasteiger charge is -2.38. The van der Waals surface area contributed by atoms with Crippen molar-refractivity contribution in [2.45, 2.75) is 69.5 Å². The SMILES string of the molecule is COc1ccc2nccc(CCC[C@@H]3CCN(CCSC4CCCCC4)C[C@@H]3CC(=O)O)c2c1. The molecule has 186 valence electrons. The van der Waals surface area contributed by atoms with Crippen molar-refractivity contribution in [3.63, 3.8) is 0 Å². The Morgan fingerprint density at radius 2 is 2.03 bits per heavy atom. The number of methoxy groups -OCH3 is 1. The maximum absolute atomic E-state index is 11.6. The fourth-order valence-electron chi connectivity index (χ4n) is 5.86. The number of aliphatic carboxylic acids is 1. The molecule has 2 aliphatic rings. The van der Waals surface area contributed by atoms with E-state index in [0.29, 0.717) is 12.3 Å². The summed E-state index contributed by atoms with van der Waals surface area (Å²) in [6.07, 6.45) is 13.4. The molecule has 1 N–H and O–H groups in total. The van der Waals surface area contributed by atoms with Gasteiger partial charge in [-0.2, -0.15) is 11.8 Å². The van der Waals surface area contributed by atoms with E-state index in [4.69, 9.17) is 4.74 Å². The summed E-state index contributed by atoms with van der Waals surface area (Å²) >= 11 is 2.15. The summed E-state index contributed by atoms with van der Waals surface area (Å²) in [6, 6.07) is 8.16. The number of hydrogen-bond donors (Lipinski definition) is 1. The summed E-state index contributed by atoms with van der Waals surface area (Å²) in [6.45, 7) is 3.16. The number of likely N-dealkylation sites (tertiary alicyclic amines) is 1. The number of carboxylic acids is 1. The fraction of sp³-hybridized carbons (Fsp3) is 0.643. The molecule has 2 fully saturated rings. The lowest BCUT2D eigenvalue weighted by Crippen LogP contribution is -2.42. The highest BCUT2D eigenvalue weighted by Crippen LogP contribution is 2.33. The second kappa shape index (κ2) is 12.8. The first kappa shape index (κ1) is 25.3. The second-order valence-electron chi connectivity index (χ2n) is 10.1. The third-order valence-corrected chi connectivity index (χ3v) is 9.15. The van der Waals surface area contributed by atoms with Crippen molar-refractivity contribution in [1.29, 1.82) is 0 Å². The van der Waals surface area contributed by atoms with Crippen LogP contribution >= 0.6 is 11.8 Å². The van der Waals surface area contributed by atoms with Crippen LogP contribution in [-0.2, 0) is 11.2 Å². The van der Waals surface area contributed by atoms with Crippen molar-refractivity contribution in [2.75, 3.05) is 32.5 Å². The second-order valence-corrected chi connectivity index (χ2v) is 11.5. The Morgan fingerprint density at radius 1 is 1.18 bits per heavy atom.